The zero-order chi connectivity index (χ0) is 21.6. The largest absolute Gasteiger partial charge is 0.493 e. The molecule has 1 aliphatic heterocycles. The van der Waals surface area contributed by atoms with Crippen molar-refractivity contribution in [2.24, 2.45) is 0 Å². The minimum Gasteiger partial charge on any atom is -0.493 e. The topological polar surface area (TPSA) is 30.5 Å². The van der Waals surface area contributed by atoms with Crippen molar-refractivity contribution in [3.05, 3.63) is 100 Å². The Kier molecular flexibility index (Phi) is 6.73. The maximum Gasteiger partial charge on any atom is 0.161 e. The lowest BCUT2D eigenvalue weighted by atomic mass is 9.92. The van der Waals surface area contributed by atoms with Gasteiger partial charge in [0, 0.05) is 6.54 Å². The molecule has 0 saturated heterocycles. The zero-order valence-corrected chi connectivity index (χ0v) is 18.7. The van der Waals surface area contributed by atoms with E-state index >= 15 is 0 Å². The number of ether oxygens (including phenoxy) is 2. The summed E-state index contributed by atoms with van der Waals surface area (Å²) in [7, 11) is 1.71. The number of methoxy groups -OCH3 is 1. The summed E-state index contributed by atoms with van der Waals surface area (Å²) in [4.78, 5) is 0. The first-order valence-corrected chi connectivity index (χ1v) is 11.1. The molecule has 0 amide bonds. The van der Waals surface area contributed by atoms with Crippen LogP contribution < -0.4 is 14.8 Å². The van der Waals surface area contributed by atoms with Gasteiger partial charge >= 0.3 is 0 Å². The van der Waals surface area contributed by atoms with Crippen LogP contribution in [0.4, 0.5) is 0 Å². The number of fused-ring (bicyclic) bond motifs is 1. The van der Waals surface area contributed by atoms with Crippen molar-refractivity contribution in [3.63, 3.8) is 0 Å². The monoisotopic (exact) mass is 413 g/mol. The van der Waals surface area contributed by atoms with Crippen molar-refractivity contribution in [1.82, 2.24) is 5.32 Å². The second kappa shape index (κ2) is 9.84. The Morgan fingerprint density at radius 1 is 1.03 bits per heavy atom. The highest BCUT2D eigenvalue weighted by atomic mass is 16.5. The molecule has 1 aliphatic rings. The van der Waals surface area contributed by atoms with Gasteiger partial charge in [0.1, 0.15) is 6.61 Å². The van der Waals surface area contributed by atoms with Gasteiger partial charge in [-0.05, 0) is 65.3 Å². The molecule has 0 bridgehead atoms. The normalized spacial score (nSPS) is 15.6. The Bertz CT molecular complexity index is 1060. The fourth-order valence-electron chi connectivity index (χ4n) is 4.16. The van der Waals surface area contributed by atoms with E-state index in [1.165, 1.54) is 27.8 Å². The molecule has 1 atom stereocenters. The van der Waals surface area contributed by atoms with Crippen LogP contribution in [0, 0.1) is 6.92 Å². The number of nitrogens with one attached hydrogen (secondary N) is 1. The quantitative estimate of drug-likeness (QED) is 0.512. The summed E-state index contributed by atoms with van der Waals surface area (Å²) < 4.78 is 11.8. The summed E-state index contributed by atoms with van der Waals surface area (Å²) >= 11 is 0. The number of aryl methyl sites for hydroxylation is 2. The molecule has 3 nitrogen and oxygen atoms in total. The van der Waals surface area contributed by atoms with Crippen LogP contribution in [-0.4, -0.2) is 13.7 Å². The van der Waals surface area contributed by atoms with Crippen LogP contribution in [0.5, 0.6) is 11.5 Å². The van der Waals surface area contributed by atoms with E-state index in [2.05, 4.69) is 73.8 Å². The van der Waals surface area contributed by atoms with Crippen LogP contribution in [0.1, 0.15) is 46.3 Å². The molecule has 3 aromatic rings. The van der Waals surface area contributed by atoms with Crippen molar-refractivity contribution in [3.8, 4) is 11.5 Å². The molecule has 3 aromatic carbocycles. The van der Waals surface area contributed by atoms with E-state index in [1.54, 1.807) is 7.11 Å². The minimum absolute atomic E-state index is 0.159. The molecule has 0 aliphatic carbocycles. The highest BCUT2D eigenvalue weighted by Crippen LogP contribution is 2.36. The van der Waals surface area contributed by atoms with Gasteiger partial charge in [-0.25, -0.2) is 0 Å². The maximum absolute atomic E-state index is 6.12. The van der Waals surface area contributed by atoms with Gasteiger partial charge in [0.15, 0.2) is 11.5 Å². The van der Waals surface area contributed by atoms with Crippen LogP contribution in [0.3, 0.4) is 0 Å². The molecule has 0 aromatic heterocycles. The number of hydrogen-bond acceptors (Lipinski definition) is 3. The number of hydrogen-bond donors (Lipinski definition) is 1. The lowest BCUT2D eigenvalue weighted by Gasteiger charge is -2.26. The van der Waals surface area contributed by atoms with Gasteiger partial charge in [-0.1, -0.05) is 67.6 Å². The molecule has 1 N–H and O–H groups in total. The molecule has 0 saturated carbocycles. The van der Waals surface area contributed by atoms with Crippen LogP contribution in [0.25, 0.3) is 6.08 Å². The average molecular weight is 414 g/mol. The van der Waals surface area contributed by atoms with Gasteiger partial charge in [0.2, 0.25) is 0 Å². The van der Waals surface area contributed by atoms with Crippen LogP contribution in [-0.2, 0) is 19.4 Å². The van der Waals surface area contributed by atoms with Crippen LogP contribution >= 0.6 is 0 Å². The summed E-state index contributed by atoms with van der Waals surface area (Å²) in [6.07, 6.45) is 6.51. The fraction of sp³-hybridized carbons (Fsp3) is 0.286. The summed E-state index contributed by atoms with van der Waals surface area (Å²) in [5.74, 6) is 1.58. The highest BCUT2D eigenvalue weighted by molar-refractivity contribution is 5.56. The molecule has 1 heterocycles. The van der Waals surface area contributed by atoms with Crippen LogP contribution in [0.2, 0.25) is 0 Å². The molecule has 3 heteroatoms. The molecular formula is C28H31NO2. The summed E-state index contributed by atoms with van der Waals surface area (Å²) in [5.41, 5.74) is 7.72. The van der Waals surface area contributed by atoms with Crippen LogP contribution in [0.15, 0.2) is 66.7 Å². The van der Waals surface area contributed by atoms with Crippen molar-refractivity contribution in [2.75, 3.05) is 13.7 Å². The van der Waals surface area contributed by atoms with Gasteiger partial charge in [-0.15, -0.1) is 0 Å². The number of benzene rings is 3. The van der Waals surface area contributed by atoms with E-state index in [0.717, 1.165) is 36.4 Å². The standard InChI is InChI=1S/C28H31NO2/c1-4-23-16-21(11-10-20(23)2)12-13-26-25-18-27(30-3)28(17-24(25)14-15-29-26)31-19-22-8-6-5-7-9-22/h5-13,16-18,26,29H,4,14-15,19H2,1-3H3/b13-12+. The molecule has 31 heavy (non-hydrogen) atoms. The van der Waals surface area contributed by atoms with E-state index in [9.17, 15) is 0 Å². The van der Waals surface area contributed by atoms with Crippen molar-refractivity contribution >= 4 is 6.08 Å². The lowest BCUT2D eigenvalue weighted by molar-refractivity contribution is 0.283. The third kappa shape index (κ3) is 5.00. The predicted octanol–water partition coefficient (Wildman–Crippen LogP) is 6.05. The number of rotatable bonds is 7. The van der Waals surface area contributed by atoms with Gasteiger partial charge in [-0.2, -0.15) is 0 Å². The Morgan fingerprint density at radius 2 is 1.87 bits per heavy atom. The molecule has 0 fully saturated rings. The Labute approximate surface area is 185 Å². The second-order valence-corrected chi connectivity index (χ2v) is 8.06. The molecule has 0 radical (unpaired) electrons. The predicted molar refractivity (Wildman–Crippen MR) is 128 cm³/mol. The lowest BCUT2D eigenvalue weighted by Crippen LogP contribution is -2.28. The van der Waals surface area contributed by atoms with E-state index in [4.69, 9.17) is 9.47 Å². The van der Waals surface area contributed by atoms with E-state index < -0.39 is 0 Å². The van der Waals surface area contributed by atoms with Crippen molar-refractivity contribution < 1.29 is 9.47 Å². The minimum atomic E-state index is 0.159. The van der Waals surface area contributed by atoms with Gasteiger partial charge in [-0.3, -0.25) is 0 Å². The molecule has 160 valence electrons. The molecule has 4 rings (SSSR count). The van der Waals surface area contributed by atoms with Gasteiger partial charge < -0.3 is 14.8 Å². The first-order valence-electron chi connectivity index (χ1n) is 11.1. The summed E-state index contributed by atoms with van der Waals surface area (Å²) in [6.45, 7) is 5.86. The fourth-order valence-corrected chi connectivity index (χ4v) is 4.16. The Morgan fingerprint density at radius 3 is 2.65 bits per heavy atom. The van der Waals surface area contributed by atoms with Crippen molar-refractivity contribution in [2.45, 2.75) is 39.3 Å². The van der Waals surface area contributed by atoms with Crippen molar-refractivity contribution in [1.29, 1.82) is 0 Å². The van der Waals surface area contributed by atoms with E-state index in [1.807, 2.05) is 18.2 Å². The maximum atomic E-state index is 6.12. The van der Waals surface area contributed by atoms with E-state index in [-0.39, 0.29) is 6.04 Å². The highest BCUT2D eigenvalue weighted by Gasteiger charge is 2.21. The Balaban J connectivity index is 1.56. The third-order valence-electron chi connectivity index (χ3n) is 5.99. The molecule has 0 spiro atoms. The smallest absolute Gasteiger partial charge is 0.161 e. The van der Waals surface area contributed by atoms with Gasteiger partial charge in [0.05, 0.1) is 13.2 Å². The summed E-state index contributed by atoms with van der Waals surface area (Å²) in [6, 6.07) is 21.4. The molecule has 1 unspecified atom stereocenters. The summed E-state index contributed by atoms with van der Waals surface area (Å²) in [5, 5.41) is 3.63. The van der Waals surface area contributed by atoms with E-state index in [0.29, 0.717) is 6.61 Å². The van der Waals surface area contributed by atoms with Gasteiger partial charge in [0.25, 0.3) is 0 Å². The second-order valence-electron chi connectivity index (χ2n) is 8.06. The first-order chi connectivity index (χ1) is 15.2. The Hall–Kier alpha value is -3.04. The first kappa shape index (κ1) is 21.2. The average Bonchev–Trinajstić information content (AvgIpc) is 2.82. The third-order valence-corrected chi connectivity index (χ3v) is 5.99. The zero-order valence-electron chi connectivity index (χ0n) is 18.7. The molecular weight excluding hydrogens is 382 g/mol. The SMILES string of the molecule is CCc1cc(/C=C/C2NCCc3cc(OCc4ccccc4)c(OC)cc32)ccc1C.